The zero-order valence-corrected chi connectivity index (χ0v) is 9.96. The van der Waals surface area contributed by atoms with Gasteiger partial charge in [0.1, 0.15) is 6.04 Å². The molecule has 1 aromatic carbocycles. The molecule has 0 bridgehead atoms. The fourth-order valence-electron chi connectivity index (χ4n) is 2.13. The highest BCUT2D eigenvalue weighted by molar-refractivity contribution is 9.10. The second kappa shape index (κ2) is 4.94. The third-order valence-electron chi connectivity index (χ3n) is 2.97. The van der Waals surface area contributed by atoms with E-state index in [4.69, 9.17) is 0 Å². The van der Waals surface area contributed by atoms with Crippen molar-refractivity contribution in [2.45, 2.75) is 31.7 Å². The molecule has 0 saturated carbocycles. The lowest BCUT2D eigenvalue weighted by Gasteiger charge is -2.12. The van der Waals surface area contributed by atoms with Crippen molar-refractivity contribution in [1.82, 2.24) is 0 Å². The molecule has 0 spiro atoms. The molecule has 14 heavy (non-hydrogen) atoms. The van der Waals surface area contributed by atoms with Gasteiger partial charge >= 0.3 is 0 Å². The minimum Gasteiger partial charge on any atom is -0.340 e. The quantitative estimate of drug-likeness (QED) is 0.794. The van der Waals surface area contributed by atoms with Crippen molar-refractivity contribution in [2.24, 2.45) is 0 Å². The Bertz CT molecular complexity index is 273. The van der Waals surface area contributed by atoms with Crippen molar-refractivity contribution in [3.8, 4) is 0 Å². The summed E-state index contributed by atoms with van der Waals surface area (Å²) in [6.07, 6.45) is 5.51. The van der Waals surface area contributed by atoms with E-state index in [2.05, 4.69) is 45.5 Å². The van der Waals surface area contributed by atoms with E-state index in [9.17, 15) is 0 Å². The van der Waals surface area contributed by atoms with Crippen LogP contribution in [0.2, 0.25) is 0 Å². The zero-order chi connectivity index (χ0) is 9.80. The highest BCUT2D eigenvalue weighted by atomic mass is 79.9. The third-order valence-corrected chi connectivity index (χ3v) is 3.50. The molecule has 0 amide bonds. The number of quaternary nitrogens is 1. The van der Waals surface area contributed by atoms with Crippen LogP contribution >= 0.6 is 15.9 Å². The van der Waals surface area contributed by atoms with Gasteiger partial charge in [-0.15, -0.1) is 0 Å². The van der Waals surface area contributed by atoms with Crippen LogP contribution in [0.15, 0.2) is 28.7 Å². The summed E-state index contributed by atoms with van der Waals surface area (Å²) in [5.41, 5.74) is 1.48. The molecule has 1 aromatic rings. The number of nitrogens with two attached hydrogens (primary N) is 1. The Morgan fingerprint density at radius 1 is 1.07 bits per heavy atom. The molecule has 1 saturated heterocycles. The largest absolute Gasteiger partial charge is 0.340 e. The molecule has 0 unspecified atom stereocenters. The van der Waals surface area contributed by atoms with Gasteiger partial charge in [0.15, 0.2) is 0 Å². The molecule has 1 aliphatic rings. The van der Waals surface area contributed by atoms with E-state index >= 15 is 0 Å². The van der Waals surface area contributed by atoms with E-state index < -0.39 is 0 Å². The SMILES string of the molecule is Brc1ccc([C@@H]2CCCCC[NH2+]2)cc1. The number of halogens is 1. The van der Waals surface area contributed by atoms with Gasteiger partial charge in [-0.1, -0.05) is 28.1 Å². The van der Waals surface area contributed by atoms with Gasteiger partial charge in [-0.3, -0.25) is 0 Å². The van der Waals surface area contributed by atoms with Crippen LogP contribution < -0.4 is 5.32 Å². The summed E-state index contributed by atoms with van der Waals surface area (Å²) in [7, 11) is 0. The van der Waals surface area contributed by atoms with Crippen LogP contribution in [0.4, 0.5) is 0 Å². The predicted molar refractivity (Wildman–Crippen MR) is 62.1 cm³/mol. The number of benzene rings is 1. The van der Waals surface area contributed by atoms with Gasteiger partial charge in [0.05, 0.1) is 6.54 Å². The first-order valence-electron chi connectivity index (χ1n) is 5.45. The lowest BCUT2D eigenvalue weighted by Crippen LogP contribution is -2.84. The Morgan fingerprint density at radius 2 is 1.86 bits per heavy atom. The fourth-order valence-corrected chi connectivity index (χ4v) is 2.40. The molecule has 1 atom stereocenters. The summed E-state index contributed by atoms with van der Waals surface area (Å²) in [4.78, 5) is 0. The number of hydrogen-bond acceptors (Lipinski definition) is 0. The van der Waals surface area contributed by atoms with E-state index in [1.165, 1.54) is 42.3 Å². The molecule has 0 aromatic heterocycles. The maximum Gasteiger partial charge on any atom is 0.112 e. The fraction of sp³-hybridized carbons (Fsp3) is 0.500. The van der Waals surface area contributed by atoms with E-state index in [1.807, 2.05) is 0 Å². The van der Waals surface area contributed by atoms with Crippen LogP contribution in [0, 0.1) is 0 Å². The van der Waals surface area contributed by atoms with Crippen LogP contribution in [0.3, 0.4) is 0 Å². The van der Waals surface area contributed by atoms with Gasteiger partial charge in [-0.25, -0.2) is 0 Å². The molecule has 1 heterocycles. The van der Waals surface area contributed by atoms with Crippen molar-refractivity contribution in [3.63, 3.8) is 0 Å². The zero-order valence-electron chi connectivity index (χ0n) is 8.38. The minimum atomic E-state index is 0.700. The molecule has 2 heteroatoms. The normalized spacial score (nSPS) is 23.1. The van der Waals surface area contributed by atoms with E-state index in [-0.39, 0.29) is 0 Å². The number of rotatable bonds is 1. The summed E-state index contributed by atoms with van der Waals surface area (Å²) in [6.45, 7) is 1.29. The summed E-state index contributed by atoms with van der Waals surface area (Å²) in [5, 5.41) is 2.50. The molecule has 2 rings (SSSR count). The first-order valence-corrected chi connectivity index (χ1v) is 6.24. The smallest absolute Gasteiger partial charge is 0.112 e. The summed E-state index contributed by atoms with van der Waals surface area (Å²) in [6, 6.07) is 9.49. The first kappa shape index (κ1) is 10.2. The van der Waals surface area contributed by atoms with E-state index in [1.54, 1.807) is 0 Å². The Kier molecular flexibility index (Phi) is 3.60. The van der Waals surface area contributed by atoms with Crippen molar-refractivity contribution in [2.75, 3.05) is 6.54 Å². The average Bonchev–Trinajstić information content (AvgIpc) is 2.47. The molecular formula is C12H17BrN+. The first-order chi connectivity index (χ1) is 6.86. The van der Waals surface area contributed by atoms with E-state index in [0.29, 0.717) is 6.04 Å². The molecule has 1 nitrogen and oxygen atoms in total. The van der Waals surface area contributed by atoms with Gasteiger partial charge in [-0.05, 0) is 31.4 Å². The third kappa shape index (κ3) is 2.58. The van der Waals surface area contributed by atoms with Crippen molar-refractivity contribution < 1.29 is 5.32 Å². The molecular weight excluding hydrogens is 238 g/mol. The van der Waals surface area contributed by atoms with Crippen LogP contribution in [0.5, 0.6) is 0 Å². The summed E-state index contributed by atoms with van der Waals surface area (Å²) < 4.78 is 1.18. The highest BCUT2D eigenvalue weighted by Crippen LogP contribution is 2.20. The maximum atomic E-state index is 3.47. The topological polar surface area (TPSA) is 16.6 Å². The van der Waals surface area contributed by atoms with Gasteiger partial charge in [0, 0.05) is 16.5 Å². The predicted octanol–water partition coefficient (Wildman–Crippen LogP) is 2.63. The highest BCUT2D eigenvalue weighted by Gasteiger charge is 2.16. The van der Waals surface area contributed by atoms with Crippen molar-refractivity contribution >= 4 is 15.9 Å². The van der Waals surface area contributed by atoms with Gasteiger partial charge in [0.25, 0.3) is 0 Å². The van der Waals surface area contributed by atoms with Crippen molar-refractivity contribution in [3.05, 3.63) is 34.3 Å². The number of hydrogen-bond donors (Lipinski definition) is 1. The summed E-state index contributed by atoms with van der Waals surface area (Å²) in [5.74, 6) is 0. The molecule has 76 valence electrons. The van der Waals surface area contributed by atoms with Crippen molar-refractivity contribution in [1.29, 1.82) is 0 Å². The molecule has 1 aliphatic heterocycles. The van der Waals surface area contributed by atoms with E-state index in [0.717, 1.165) is 0 Å². The molecule has 0 aliphatic carbocycles. The lowest BCUT2D eigenvalue weighted by atomic mass is 10.0. The van der Waals surface area contributed by atoms with Crippen LogP contribution in [0.1, 0.15) is 37.3 Å². The van der Waals surface area contributed by atoms with Crippen LogP contribution in [0.25, 0.3) is 0 Å². The Hall–Kier alpha value is -0.340. The molecule has 2 N–H and O–H groups in total. The second-order valence-electron chi connectivity index (χ2n) is 4.03. The Morgan fingerprint density at radius 3 is 2.64 bits per heavy atom. The minimum absolute atomic E-state index is 0.700. The van der Waals surface area contributed by atoms with Crippen LogP contribution in [-0.4, -0.2) is 6.54 Å². The Labute approximate surface area is 94.0 Å². The van der Waals surface area contributed by atoms with Gasteiger partial charge < -0.3 is 5.32 Å². The lowest BCUT2D eigenvalue weighted by molar-refractivity contribution is -0.694. The monoisotopic (exact) mass is 254 g/mol. The second-order valence-corrected chi connectivity index (χ2v) is 4.95. The molecule has 0 radical (unpaired) electrons. The Balaban J connectivity index is 2.08. The maximum absolute atomic E-state index is 3.47. The summed E-state index contributed by atoms with van der Waals surface area (Å²) >= 11 is 3.47. The molecule has 1 fully saturated rings. The van der Waals surface area contributed by atoms with Gasteiger partial charge in [0.2, 0.25) is 0 Å². The average molecular weight is 255 g/mol. The van der Waals surface area contributed by atoms with Gasteiger partial charge in [-0.2, -0.15) is 0 Å². The standard InChI is InChI=1S/C12H16BrN/c13-11-7-5-10(6-8-11)12-4-2-1-3-9-14-12/h5-8,12,14H,1-4,9H2/p+1/t12-/m0/s1. The van der Waals surface area contributed by atoms with Crippen LogP contribution in [-0.2, 0) is 0 Å².